The maximum Gasteiger partial charge on any atom is 0.291 e. The zero-order valence-electron chi connectivity index (χ0n) is 10.4. The number of hydrogen-bond acceptors (Lipinski definition) is 5. The van der Waals surface area contributed by atoms with Crippen LogP contribution >= 0.6 is 0 Å². The van der Waals surface area contributed by atoms with Crippen molar-refractivity contribution in [1.29, 1.82) is 0 Å². The third-order valence-electron chi connectivity index (χ3n) is 2.72. The predicted molar refractivity (Wildman–Crippen MR) is 69.1 cm³/mol. The van der Waals surface area contributed by atoms with E-state index in [1.54, 1.807) is 12.1 Å². The van der Waals surface area contributed by atoms with E-state index in [-0.39, 0.29) is 12.1 Å². The molecule has 1 aliphatic heterocycles. The molecule has 1 aromatic carbocycles. The maximum absolute atomic E-state index is 11.6. The Labute approximate surface area is 110 Å². The number of anilines is 1. The first kappa shape index (κ1) is 13.0. The van der Waals surface area contributed by atoms with E-state index in [1.807, 2.05) is 18.2 Å². The summed E-state index contributed by atoms with van der Waals surface area (Å²) in [5.41, 5.74) is 8.42. The van der Waals surface area contributed by atoms with Gasteiger partial charge in [-0.05, 0) is 12.1 Å². The summed E-state index contributed by atoms with van der Waals surface area (Å²) in [4.78, 5) is 27.6. The molecular weight excluding hydrogens is 248 g/mol. The zero-order chi connectivity index (χ0) is 13.8. The van der Waals surface area contributed by atoms with Crippen molar-refractivity contribution in [3.8, 4) is 0 Å². The monoisotopic (exact) mass is 262 g/mol. The molecule has 0 aromatic heterocycles. The van der Waals surface area contributed by atoms with Gasteiger partial charge in [0.05, 0.1) is 12.8 Å². The van der Waals surface area contributed by atoms with Crippen LogP contribution in [0.1, 0.15) is 6.42 Å². The number of benzene rings is 1. The van der Waals surface area contributed by atoms with Crippen LogP contribution in [-0.4, -0.2) is 30.7 Å². The van der Waals surface area contributed by atoms with E-state index in [9.17, 15) is 9.59 Å². The minimum absolute atomic E-state index is 0.152. The summed E-state index contributed by atoms with van der Waals surface area (Å²) in [7, 11) is 1.33. The van der Waals surface area contributed by atoms with Gasteiger partial charge in [0.25, 0.3) is 5.91 Å². The summed E-state index contributed by atoms with van der Waals surface area (Å²) < 4.78 is 0. The lowest BCUT2D eigenvalue weighted by Gasteiger charge is -2.20. The van der Waals surface area contributed by atoms with E-state index in [0.717, 1.165) is 0 Å². The molecule has 0 saturated carbocycles. The van der Waals surface area contributed by atoms with Crippen LogP contribution < -0.4 is 16.2 Å². The fraction of sp³-hybridized carbons (Fsp3) is 0.250. The lowest BCUT2D eigenvalue weighted by molar-refractivity contribution is -0.124. The largest absolute Gasteiger partial charge is 0.368 e. The standard InChI is InChI=1S/C12H14N4O3/c1-19-15-12(18)9-7-10(11(13)17)16(14-9)8-5-3-2-4-6-8/h2-6,10H,7H2,1H3,(H2,13,17)(H,15,18). The van der Waals surface area contributed by atoms with Crippen molar-refractivity contribution in [2.45, 2.75) is 12.5 Å². The first-order valence-electron chi connectivity index (χ1n) is 5.68. The first-order chi connectivity index (χ1) is 9.13. The van der Waals surface area contributed by atoms with Crippen LogP contribution in [0.25, 0.3) is 0 Å². The molecule has 0 aliphatic carbocycles. The number of hydroxylamine groups is 1. The van der Waals surface area contributed by atoms with Crippen LogP contribution in [-0.2, 0) is 14.4 Å². The lowest BCUT2D eigenvalue weighted by atomic mass is 10.1. The average Bonchev–Trinajstić information content (AvgIpc) is 2.85. The topological polar surface area (TPSA) is 97.0 Å². The Morgan fingerprint density at radius 1 is 1.42 bits per heavy atom. The Kier molecular flexibility index (Phi) is 3.76. The molecule has 2 amide bonds. The van der Waals surface area contributed by atoms with E-state index in [1.165, 1.54) is 12.1 Å². The van der Waals surface area contributed by atoms with Gasteiger partial charge in [-0.25, -0.2) is 5.48 Å². The van der Waals surface area contributed by atoms with Crippen LogP contribution in [0.3, 0.4) is 0 Å². The summed E-state index contributed by atoms with van der Waals surface area (Å²) in [6, 6.07) is 8.39. The molecule has 0 bridgehead atoms. The number of nitrogens with two attached hydrogens (primary N) is 1. The highest BCUT2D eigenvalue weighted by Crippen LogP contribution is 2.24. The van der Waals surface area contributed by atoms with Gasteiger partial charge in [0.15, 0.2) is 0 Å². The lowest BCUT2D eigenvalue weighted by Crippen LogP contribution is -2.39. The summed E-state index contributed by atoms with van der Waals surface area (Å²) in [5, 5.41) is 5.59. The number of hydrazone groups is 1. The molecule has 1 heterocycles. The number of rotatable bonds is 4. The number of nitrogens with zero attached hydrogens (tertiary/aromatic N) is 2. The molecule has 0 fully saturated rings. The molecule has 100 valence electrons. The Morgan fingerprint density at radius 3 is 2.68 bits per heavy atom. The fourth-order valence-corrected chi connectivity index (χ4v) is 1.84. The van der Waals surface area contributed by atoms with Crippen LogP contribution in [0.15, 0.2) is 35.4 Å². The van der Waals surface area contributed by atoms with Crippen LogP contribution in [0.2, 0.25) is 0 Å². The van der Waals surface area contributed by atoms with Gasteiger partial charge in [-0.3, -0.25) is 19.4 Å². The highest BCUT2D eigenvalue weighted by Gasteiger charge is 2.34. The SMILES string of the molecule is CONC(=O)C1=NN(c2ccccc2)C(C(N)=O)C1. The van der Waals surface area contributed by atoms with Crippen LogP contribution in [0.4, 0.5) is 5.69 Å². The Bertz CT molecular complexity index is 515. The minimum Gasteiger partial charge on any atom is -0.368 e. The van der Waals surface area contributed by atoms with Gasteiger partial charge in [0.2, 0.25) is 5.91 Å². The molecule has 1 unspecified atom stereocenters. The highest BCUT2D eigenvalue weighted by molar-refractivity contribution is 6.40. The van der Waals surface area contributed by atoms with Gasteiger partial charge in [0, 0.05) is 6.42 Å². The smallest absolute Gasteiger partial charge is 0.291 e. The number of amides is 2. The molecule has 2 rings (SSSR count). The zero-order valence-corrected chi connectivity index (χ0v) is 10.4. The van der Waals surface area contributed by atoms with Crippen molar-refractivity contribution >= 4 is 23.2 Å². The maximum atomic E-state index is 11.6. The second-order valence-corrected chi connectivity index (χ2v) is 3.98. The molecule has 1 aliphatic rings. The molecule has 3 N–H and O–H groups in total. The number of para-hydroxylation sites is 1. The minimum atomic E-state index is -0.667. The molecular formula is C12H14N4O3. The van der Waals surface area contributed by atoms with Crippen molar-refractivity contribution in [1.82, 2.24) is 5.48 Å². The first-order valence-corrected chi connectivity index (χ1v) is 5.68. The molecule has 0 radical (unpaired) electrons. The molecule has 0 saturated heterocycles. The quantitative estimate of drug-likeness (QED) is 0.733. The number of hydrogen-bond donors (Lipinski definition) is 2. The predicted octanol–water partition coefficient (Wildman–Crippen LogP) is -0.216. The van der Waals surface area contributed by atoms with E-state index < -0.39 is 17.9 Å². The van der Waals surface area contributed by atoms with Gasteiger partial charge >= 0.3 is 0 Å². The number of primary amides is 1. The van der Waals surface area contributed by atoms with Crippen molar-refractivity contribution in [3.63, 3.8) is 0 Å². The number of carbonyl (C=O) groups is 2. The Morgan fingerprint density at radius 2 is 2.11 bits per heavy atom. The van der Waals surface area contributed by atoms with Gasteiger partial charge < -0.3 is 5.73 Å². The molecule has 0 spiro atoms. The third-order valence-corrected chi connectivity index (χ3v) is 2.72. The molecule has 1 atom stereocenters. The normalized spacial score (nSPS) is 18.1. The summed E-state index contributed by atoms with van der Waals surface area (Å²) in [6.07, 6.45) is 0.152. The molecule has 19 heavy (non-hydrogen) atoms. The second-order valence-electron chi connectivity index (χ2n) is 3.98. The van der Waals surface area contributed by atoms with Gasteiger partial charge in [0.1, 0.15) is 11.8 Å². The van der Waals surface area contributed by atoms with Gasteiger partial charge in [-0.15, -0.1) is 0 Å². The van der Waals surface area contributed by atoms with Crippen molar-refractivity contribution in [2.24, 2.45) is 10.8 Å². The summed E-state index contributed by atoms with van der Waals surface area (Å²) in [5.74, 6) is -1.01. The van der Waals surface area contributed by atoms with Crippen molar-refractivity contribution in [3.05, 3.63) is 30.3 Å². The van der Waals surface area contributed by atoms with E-state index >= 15 is 0 Å². The summed E-state index contributed by atoms with van der Waals surface area (Å²) in [6.45, 7) is 0. The van der Waals surface area contributed by atoms with Crippen LogP contribution in [0.5, 0.6) is 0 Å². The van der Waals surface area contributed by atoms with Crippen LogP contribution in [0, 0.1) is 0 Å². The van der Waals surface area contributed by atoms with E-state index in [4.69, 9.17) is 5.73 Å². The number of nitrogens with one attached hydrogen (secondary N) is 1. The Balaban J connectivity index is 2.28. The molecule has 7 nitrogen and oxygen atoms in total. The number of carbonyl (C=O) groups excluding carboxylic acids is 2. The Hall–Kier alpha value is -2.41. The average molecular weight is 262 g/mol. The van der Waals surface area contributed by atoms with Crippen molar-refractivity contribution < 1.29 is 14.4 Å². The van der Waals surface area contributed by atoms with Crippen molar-refractivity contribution in [2.75, 3.05) is 12.1 Å². The van der Waals surface area contributed by atoms with E-state index in [2.05, 4.69) is 15.4 Å². The van der Waals surface area contributed by atoms with Gasteiger partial charge in [-0.1, -0.05) is 18.2 Å². The van der Waals surface area contributed by atoms with E-state index in [0.29, 0.717) is 5.69 Å². The van der Waals surface area contributed by atoms with Gasteiger partial charge in [-0.2, -0.15) is 5.10 Å². The summed E-state index contributed by atoms with van der Waals surface area (Å²) >= 11 is 0. The molecule has 1 aromatic rings. The second kappa shape index (κ2) is 5.49. The highest BCUT2D eigenvalue weighted by atomic mass is 16.6. The molecule has 7 heteroatoms. The fourth-order valence-electron chi connectivity index (χ4n) is 1.84. The third kappa shape index (κ3) is 2.71.